The molecule has 0 spiro atoms. The molecule has 10 heteroatoms. The Morgan fingerprint density at radius 2 is 1.96 bits per heavy atom. The SMILES string of the molecule is CCNCCNC(=O)c1nnn(-c2ccccc2F)c1C(F)(F)F. The molecule has 24 heavy (non-hydrogen) atoms. The van der Waals surface area contributed by atoms with Crippen molar-refractivity contribution in [2.24, 2.45) is 0 Å². The summed E-state index contributed by atoms with van der Waals surface area (Å²) in [5.41, 5.74) is -2.76. The van der Waals surface area contributed by atoms with Gasteiger partial charge in [-0.2, -0.15) is 13.2 Å². The van der Waals surface area contributed by atoms with Crippen LogP contribution in [0.4, 0.5) is 17.6 Å². The fraction of sp³-hybridized carbons (Fsp3) is 0.357. The number of alkyl halides is 3. The number of halogens is 4. The lowest BCUT2D eigenvalue weighted by Crippen LogP contribution is -2.33. The molecule has 130 valence electrons. The fourth-order valence-electron chi connectivity index (χ4n) is 2.01. The van der Waals surface area contributed by atoms with Crippen LogP contribution >= 0.6 is 0 Å². The molecule has 0 unspecified atom stereocenters. The number of carbonyl (C=O) groups is 1. The van der Waals surface area contributed by atoms with E-state index in [0.717, 1.165) is 12.1 Å². The van der Waals surface area contributed by atoms with Crippen LogP contribution in [0.2, 0.25) is 0 Å². The molecule has 0 fully saturated rings. The van der Waals surface area contributed by atoms with Gasteiger partial charge in [0.2, 0.25) is 0 Å². The van der Waals surface area contributed by atoms with Gasteiger partial charge in [0.05, 0.1) is 0 Å². The lowest BCUT2D eigenvalue weighted by Gasteiger charge is -2.11. The highest BCUT2D eigenvalue weighted by atomic mass is 19.4. The van der Waals surface area contributed by atoms with Crippen molar-refractivity contribution in [2.45, 2.75) is 13.1 Å². The van der Waals surface area contributed by atoms with Crippen LogP contribution in [0.5, 0.6) is 0 Å². The maximum atomic E-state index is 13.8. The van der Waals surface area contributed by atoms with E-state index < -0.39 is 35.0 Å². The van der Waals surface area contributed by atoms with Gasteiger partial charge < -0.3 is 10.6 Å². The van der Waals surface area contributed by atoms with Gasteiger partial charge in [-0.15, -0.1) is 5.10 Å². The van der Waals surface area contributed by atoms with Crippen LogP contribution in [0.1, 0.15) is 23.1 Å². The number of likely N-dealkylation sites (N-methyl/N-ethyl adjacent to an activating group) is 1. The van der Waals surface area contributed by atoms with Crippen molar-refractivity contribution in [2.75, 3.05) is 19.6 Å². The molecule has 0 bridgehead atoms. The Hall–Kier alpha value is -2.49. The van der Waals surface area contributed by atoms with E-state index in [1.165, 1.54) is 12.1 Å². The Kier molecular flexibility index (Phi) is 5.50. The number of nitrogens with zero attached hydrogens (tertiary/aromatic N) is 3. The van der Waals surface area contributed by atoms with E-state index in [1.54, 1.807) is 0 Å². The van der Waals surface area contributed by atoms with E-state index >= 15 is 0 Å². The lowest BCUT2D eigenvalue weighted by atomic mass is 10.2. The zero-order chi connectivity index (χ0) is 17.7. The van der Waals surface area contributed by atoms with Gasteiger partial charge in [0, 0.05) is 13.1 Å². The van der Waals surface area contributed by atoms with E-state index in [9.17, 15) is 22.4 Å². The first-order chi connectivity index (χ1) is 11.4. The summed E-state index contributed by atoms with van der Waals surface area (Å²) in [7, 11) is 0. The molecule has 6 nitrogen and oxygen atoms in total. The summed E-state index contributed by atoms with van der Waals surface area (Å²) in [5, 5.41) is 11.8. The predicted molar refractivity (Wildman–Crippen MR) is 77.2 cm³/mol. The predicted octanol–water partition coefficient (Wildman–Crippen LogP) is 1.76. The quantitative estimate of drug-likeness (QED) is 0.618. The number of aromatic nitrogens is 3. The second-order valence-corrected chi connectivity index (χ2v) is 4.76. The number of nitrogens with one attached hydrogen (secondary N) is 2. The number of carbonyl (C=O) groups excluding carboxylic acids is 1. The minimum Gasteiger partial charge on any atom is -0.349 e. The van der Waals surface area contributed by atoms with Gasteiger partial charge in [0.1, 0.15) is 11.5 Å². The third kappa shape index (κ3) is 3.88. The van der Waals surface area contributed by atoms with Crippen LogP contribution in [0.25, 0.3) is 5.69 Å². The van der Waals surface area contributed by atoms with Crippen LogP contribution < -0.4 is 10.6 Å². The third-order valence-electron chi connectivity index (χ3n) is 3.07. The van der Waals surface area contributed by atoms with Gasteiger partial charge in [-0.25, -0.2) is 9.07 Å². The molecule has 1 heterocycles. The van der Waals surface area contributed by atoms with E-state index in [4.69, 9.17) is 0 Å². The molecular formula is C14H15F4N5O. The minimum absolute atomic E-state index is 0.122. The Morgan fingerprint density at radius 3 is 2.58 bits per heavy atom. The molecule has 0 atom stereocenters. The monoisotopic (exact) mass is 345 g/mol. The highest BCUT2D eigenvalue weighted by Gasteiger charge is 2.42. The van der Waals surface area contributed by atoms with Crippen molar-refractivity contribution < 1.29 is 22.4 Å². The van der Waals surface area contributed by atoms with E-state index in [1.807, 2.05) is 6.92 Å². The maximum absolute atomic E-state index is 13.8. The Labute approximate surface area is 134 Å². The van der Waals surface area contributed by atoms with E-state index in [0.29, 0.717) is 13.1 Å². The van der Waals surface area contributed by atoms with Crippen LogP contribution in [0.15, 0.2) is 24.3 Å². The summed E-state index contributed by atoms with van der Waals surface area (Å²) in [5.74, 6) is -1.94. The normalized spacial score (nSPS) is 11.5. The smallest absolute Gasteiger partial charge is 0.349 e. The van der Waals surface area contributed by atoms with Crippen LogP contribution in [-0.2, 0) is 6.18 Å². The van der Waals surface area contributed by atoms with Crippen LogP contribution in [0, 0.1) is 5.82 Å². The van der Waals surface area contributed by atoms with Crippen molar-refractivity contribution in [1.82, 2.24) is 25.6 Å². The number of hydrogen-bond donors (Lipinski definition) is 2. The fourth-order valence-corrected chi connectivity index (χ4v) is 2.01. The highest BCUT2D eigenvalue weighted by molar-refractivity contribution is 5.93. The molecule has 2 rings (SSSR count). The number of benzene rings is 1. The first-order valence-electron chi connectivity index (χ1n) is 7.13. The topological polar surface area (TPSA) is 71.8 Å². The molecule has 1 amide bonds. The molecule has 1 aromatic carbocycles. The van der Waals surface area contributed by atoms with Crippen molar-refractivity contribution in [3.63, 3.8) is 0 Å². The van der Waals surface area contributed by atoms with Gasteiger partial charge in [0.25, 0.3) is 5.91 Å². The highest BCUT2D eigenvalue weighted by Crippen LogP contribution is 2.33. The number of hydrogen-bond acceptors (Lipinski definition) is 4. The lowest BCUT2D eigenvalue weighted by molar-refractivity contribution is -0.143. The van der Waals surface area contributed by atoms with Crippen LogP contribution in [0.3, 0.4) is 0 Å². The van der Waals surface area contributed by atoms with E-state index in [2.05, 4.69) is 20.9 Å². The van der Waals surface area contributed by atoms with Crippen LogP contribution in [-0.4, -0.2) is 40.5 Å². The van der Waals surface area contributed by atoms with Gasteiger partial charge in [-0.05, 0) is 18.7 Å². The van der Waals surface area contributed by atoms with Crippen molar-refractivity contribution in [1.29, 1.82) is 0 Å². The summed E-state index contributed by atoms with van der Waals surface area (Å²) < 4.78 is 54.1. The summed E-state index contributed by atoms with van der Waals surface area (Å²) in [6.07, 6.45) is -4.93. The first-order valence-corrected chi connectivity index (χ1v) is 7.13. The molecule has 1 aromatic heterocycles. The standard InChI is InChI=1S/C14H15F4N5O/c1-2-19-7-8-20-13(24)11-12(14(16,17)18)23(22-21-11)10-6-4-3-5-9(10)15/h3-6,19H,2,7-8H2,1H3,(H,20,24). The number of amides is 1. The molecule has 0 aliphatic heterocycles. The number of rotatable bonds is 6. The summed E-state index contributed by atoms with van der Waals surface area (Å²) in [4.78, 5) is 12.0. The summed E-state index contributed by atoms with van der Waals surface area (Å²) >= 11 is 0. The zero-order valence-corrected chi connectivity index (χ0v) is 12.7. The molecule has 0 saturated carbocycles. The molecule has 0 saturated heterocycles. The largest absolute Gasteiger partial charge is 0.435 e. The molecule has 0 radical (unpaired) electrons. The van der Waals surface area contributed by atoms with Crippen molar-refractivity contribution >= 4 is 5.91 Å². The molecule has 2 aromatic rings. The second kappa shape index (κ2) is 7.39. The average Bonchev–Trinajstić information content (AvgIpc) is 2.97. The Morgan fingerprint density at radius 1 is 1.25 bits per heavy atom. The van der Waals surface area contributed by atoms with Gasteiger partial charge >= 0.3 is 6.18 Å². The summed E-state index contributed by atoms with van der Waals surface area (Å²) in [6, 6.07) is 4.80. The maximum Gasteiger partial charge on any atom is 0.435 e. The molecule has 2 N–H and O–H groups in total. The third-order valence-corrected chi connectivity index (χ3v) is 3.07. The Balaban J connectivity index is 2.37. The molecule has 0 aliphatic carbocycles. The Bertz CT molecular complexity index is 713. The van der Waals surface area contributed by atoms with Crippen molar-refractivity contribution in [3.8, 4) is 5.69 Å². The second-order valence-electron chi connectivity index (χ2n) is 4.76. The van der Waals surface area contributed by atoms with Gasteiger partial charge in [-0.1, -0.05) is 24.3 Å². The molecular weight excluding hydrogens is 330 g/mol. The minimum atomic E-state index is -4.93. The first kappa shape index (κ1) is 17.9. The van der Waals surface area contributed by atoms with Crippen molar-refractivity contribution in [3.05, 3.63) is 41.5 Å². The zero-order valence-electron chi connectivity index (χ0n) is 12.7. The van der Waals surface area contributed by atoms with E-state index in [-0.39, 0.29) is 11.2 Å². The number of para-hydroxylation sites is 1. The van der Waals surface area contributed by atoms with Gasteiger partial charge in [0.15, 0.2) is 11.4 Å². The summed E-state index contributed by atoms with van der Waals surface area (Å²) in [6.45, 7) is 3.03. The van der Waals surface area contributed by atoms with Gasteiger partial charge in [-0.3, -0.25) is 4.79 Å². The molecule has 0 aliphatic rings. The average molecular weight is 345 g/mol.